The predicted octanol–water partition coefficient (Wildman–Crippen LogP) is 10.5. The molecule has 0 spiro atoms. The monoisotopic (exact) mass is 501 g/mol. The summed E-state index contributed by atoms with van der Waals surface area (Å²) in [6, 6.07) is 21.7. The van der Waals surface area contributed by atoms with Crippen molar-refractivity contribution in [2.45, 2.75) is 92.0 Å². The molecule has 0 saturated heterocycles. The van der Waals surface area contributed by atoms with Crippen LogP contribution in [0.5, 0.6) is 0 Å². The second-order valence-corrected chi connectivity index (χ2v) is 12.2. The van der Waals surface area contributed by atoms with Crippen molar-refractivity contribution < 1.29 is 0 Å². The fourth-order valence-corrected chi connectivity index (χ4v) is 7.11. The molecule has 2 heterocycles. The molecule has 0 aromatic heterocycles. The van der Waals surface area contributed by atoms with Crippen molar-refractivity contribution in [3.63, 3.8) is 0 Å². The molecule has 1 nitrogen and oxygen atoms in total. The highest BCUT2D eigenvalue weighted by Crippen LogP contribution is 2.54. The summed E-state index contributed by atoms with van der Waals surface area (Å²) in [6.07, 6.45) is 12.3. The highest BCUT2D eigenvalue weighted by molar-refractivity contribution is 5.92. The molecule has 1 unspecified atom stereocenters. The maximum Gasteiger partial charge on any atom is 0.0784 e. The highest BCUT2D eigenvalue weighted by Gasteiger charge is 2.39. The first kappa shape index (κ1) is 25.2. The zero-order valence-electron chi connectivity index (χ0n) is 24.0. The van der Waals surface area contributed by atoms with Crippen molar-refractivity contribution >= 4 is 16.8 Å². The van der Waals surface area contributed by atoms with E-state index >= 15 is 0 Å². The number of benzene rings is 3. The maximum atomic E-state index is 2.72. The van der Waals surface area contributed by atoms with Gasteiger partial charge >= 0.3 is 0 Å². The number of nitrogens with zero attached hydrogens (tertiary/aromatic N) is 1. The molecule has 1 atom stereocenters. The Hall–Kier alpha value is -3.06. The summed E-state index contributed by atoms with van der Waals surface area (Å²) in [4.78, 5) is 2.72. The van der Waals surface area contributed by atoms with Gasteiger partial charge in [0, 0.05) is 16.9 Å². The molecular formula is C37H43N. The van der Waals surface area contributed by atoms with Crippen molar-refractivity contribution in [2.75, 3.05) is 4.90 Å². The Morgan fingerprint density at radius 3 is 2.42 bits per heavy atom. The second kappa shape index (κ2) is 10.3. The zero-order valence-corrected chi connectivity index (χ0v) is 24.0. The molecule has 0 N–H and O–H groups in total. The molecule has 0 fully saturated rings. The third-order valence-corrected chi connectivity index (χ3v) is 8.87. The van der Waals surface area contributed by atoms with Gasteiger partial charge in [0.05, 0.1) is 6.04 Å². The van der Waals surface area contributed by atoms with E-state index in [4.69, 9.17) is 0 Å². The van der Waals surface area contributed by atoms with Gasteiger partial charge in [-0.2, -0.15) is 0 Å². The number of hydrogen-bond acceptors (Lipinski definition) is 1. The van der Waals surface area contributed by atoms with E-state index in [0.29, 0.717) is 12.0 Å². The number of hydrogen-bond donors (Lipinski definition) is 0. The van der Waals surface area contributed by atoms with E-state index in [1.54, 1.807) is 33.5 Å². The molecule has 38 heavy (non-hydrogen) atoms. The fraction of sp³-hybridized carbons (Fsp3) is 0.405. The third-order valence-electron chi connectivity index (χ3n) is 8.87. The molecule has 196 valence electrons. The lowest BCUT2D eigenvalue weighted by molar-refractivity contribution is 0.664. The molecule has 0 bridgehead atoms. The summed E-state index contributed by atoms with van der Waals surface area (Å²) in [5.41, 5.74) is 17.8. The van der Waals surface area contributed by atoms with E-state index in [1.807, 2.05) is 0 Å². The number of allylic oxidation sites excluding steroid dienone is 3. The topological polar surface area (TPSA) is 3.24 Å². The minimum absolute atomic E-state index is 0.304. The molecular weight excluding hydrogens is 458 g/mol. The number of aryl methyl sites for hydroxylation is 3. The van der Waals surface area contributed by atoms with Gasteiger partial charge in [0.2, 0.25) is 0 Å². The lowest BCUT2D eigenvalue weighted by atomic mass is 9.80. The molecule has 3 aliphatic rings. The van der Waals surface area contributed by atoms with Crippen LogP contribution in [0.1, 0.15) is 106 Å². The first-order valence-electron chi connectivity index (χ1n) is 15.1. The van der Waals surface area contributed by atoms with Crippen molar-refractivity contribution in [2.24, 2.45) is 5.92 Å². The largest absolute Gasteiger partial charge is 0.333 e. The van der Waals surface area contributed by atoms with E-state index in [1.165, 1.54) is 72.0 Å². The molecule has 0 saturated carbocycles. The minimum atomic E-state index is 0.304. The van der Waals surface area contributed by atoms with Gasteiger partial charge in [-0.3, -0.25) is 0 Å². The SMILES string of the molecule is CCCCCc1cc2c3c(c1)C1C=C(CC(C)C)c4cc(-c5ccc(C)cc5)ccc4N1C(CC)=C3CC2. The van der Waals surface area contributed by atoms with Crippen molar-refractivity contribution in [3.05, 3.63) is 99.8 Å². The summed E-state index contributed by atoms with van der Waals surface area (Å²) >= 11 is 0. The molecule has 2 aliphatic heterocycles. The van der Waals surface area contributed by atoms with Crippen LogP contribution >= 0.6 is 0 Å². The molecule has 1 aliphatic carbocycles. The molecule has 3 aromatic rings. The van der Waals surface area contributed by atoms with E-state index in [-0.39, 0.29) is 0 Å². The van der Waals surface area contributed by atoms with E-state index < -0.39 is 0 Å². The summed E-state index contributed by atoms with van der Waals surface area (Å²) in [5, 5.41) is 0. The van der Waals surface area contributed by atoms with Gasteiger partial charge in [-0.25, -0.2) is 0 Å². The highest BCUT2D eigenvalue weighted by atomic mass is 15.2. The van der Waals surface area contributed by atoms with E-state index in [2.05, 4.69) is 100 Å². The van der Waals surface area contributed by atoms with Gasteiger partial charge < -0.3 is 4.90 Å². The van der Waals surface area contributed by atoms with Gasteiger partial charge in [0.1, 0.15) is 0 Å². The number of rotatable bonds is 8. The lowest BCUT2D eigenvalue weighted by Crippen LogP contribution is -2.34. The van der Waals surface area contributed by atoms with E-state index in [0.717, 1.165) is 12.8 Å². The van der Waals surface area contributed by atoms with Gasteiger partial charge in [0.15, 0.2) is 0 Å². The minimum Gasteiger partial charge on any atom is -0.333 e. The Bertz CT molecular complexity index is 1420. The Kier molecular flexibility index (Phi) is 6.81. The summed E-state index contributed by atoms with van der Waals surface area (Å²) < 4.78 is 0. The average molecular weight is 502 g/mol. The maximum absolute atomic E-state index is 2.72. The predicted molar refractivity (Wildman–Crippen MR) is 164 cm³/mol. The molecule has 3 aromatic carbocycles. The van der Waals surface area contributed by atoms with Crippen LogP contribution in [0.3, 0.4) is 0 Å². The van der Waals surface area contributed by atoms with Gasteiger partial charge in [-0.05, 0) is 108 Å². The van der Waals surface area contributed by atoms with Gasteiger partial charge in [0.25, 0.3) is 0 Å². The number of anilines is 1. The first-order valence-corrected chi connectivity index (χ1v) is 15.1. The smallest absolute Gasteiger partial charge is 0.0784 e. The normalized spacial score (nSPS) is 17.5. The second-order valence-electron chi connectivity index (χ2n) is 12.2. The van der Waals surface area contributed by atoms with Gasteiger partial charge in [-0.1, -0.05) is 94.6 Å². The van der Waals surface area contributed by atoms with Gasteiger partial charge in [-0.15, -0.1) is 0 Å². The zero-order chi connectivity index (χ0) is 26.4. The first-order chi connectivity index (χ1) is 18.5. The Morgan fingerprint density at radius 1 is 0.895 bits per heavy atom. The number of unbranched alkanes of at least 4 members (excludes halogenated alkanes) is 2. The van der Waals surface area contributed by atoms with Crippen molar-refractivity contribution in [1.82, 2.24) is 0 Å². The summed E-state index contributed by atoms with van der Waals surface area (Å²) in [6.45, 7) is 11.5. The van der Waals surface area contributed by atoms with Crippen LogP contribution in [0.4, 0.5) is 5.69 Å². The molecule has 1 heteroatoms. The molecule has 0 amide bonds. The molecule has 6 rings (SSSR count). The van der Waals surface area contributed by atoms with Crippen molar-refractivity contribution in [3.8, 4) is 11.1 Å². The summed E-state index contributed by atoms with van der Waals surface area (Å²) in [5.74, 6) is 0.620. The Balaban J connectivity index is 1.52. The quantitative estimate of drug-likeness (QED) is 0.277. The van der Waals surface area contributed by atoms with Crippen LogP contribution in [0.25, 0.3) is 22.3 Å². The summed E-state index contributed by atoms with van der Waals surface area (Å²) in [7, 11) is 0. The number of fused-ring (bicyclic) bond motifs is 4. The standard InChI is InChI=1S/C37H43N/c1-6-8-9-10-26-20-29-15-17-31-34(7-2)38-35-18-16-28(27-13-11-25(5)12-14-27)22-32(35)30(19-24(3)4)23-36(38)33(21-26)37(29)31/h11-14,16,18,20-24,36H,6-10,15,17,19H2,1-5H3. The van der Waals surface area contributed by atoms with Crippen LogP contribution in [0.15, 0.2) is 66.4 Å². The Labute approximate surface area is 230 Å². The van der Waals surface area contributed by atoms with Crippen LogP contribution in [0, 0.1) is 12.8 Å². The Morgan fingerprint density at radius 2 is 1.68 bits per heavy atom. The van der Waals surface area contributed by atoms with Crippen LogP contribution in [-0.2, 0) is 12.8 Å². The lowest BCUT2D eigenvalue weighted by Gasteiger charge is -2.44. The van der Waals surface area contributed by atoms with E-state index in [9.17, 15) is 0 Å². The van der Waals surface area contributed by atoms with Crippen LogP contribution in [-0.4, -0.2) is 0 Å². The van der Waals surface area contributed by atoms with Crippen molar-refractivity contribution in [1.29, 1.82) is 0 Å². The van der Waals surface area contributed by atoms with Crippen LogP contribution in [0.2, 0.25) is 0 Å². The molecule has 0 radical (unpaired) electrons. The average Bonchev–Trinajstić information content (AvgIpc) is 3.34. The third kappa shape index (κ3) is 4.35. The fourth-order valence-electron chi connectivity index (χ4n) is 7.11. The van der Waals surface area contributed by atoms with Crippen LogP contribution < -0.4 is 4.90 Å².